The third-order valence-corrected chi connectivity index (χ3v) is 3.18. The lowest BCUT2D eigenvalue weighted by molar-refractivity contribution is 0.112. The Bertz CT molecular complexity index is 445. The van der Waals surface area contributed by atoms with Gasteiger partial charge in [0.2, 0.25) is 0 Å². The Kier molecular flexibility index (Phi) is 7.16. The molecule has 4 nitrogen and oxygen atoms in total. The summed E-state index contributed by atoms with van der Waals surface area (Å²) < 4.78 is 18.5. The van der Waals surface area contributed by atoms with E-state index in [1.807, 2.05) is 13.0 Å². The van der Waals surface area contributed by atoms with Gasteiger partial charge in [0, 0.05) is 38.7 Å². The lowest BCUT2D eigenvalue weighted by Gasteiger charge is -2.34. The standard InChI is InChI=1S/C15H22FN3O/c1-12(18)15(13-5-3-6-14(16)11-13)19(8-4-7-17)9-10-20-2/h3,5-6,11-12,15H,4,8-10,18H2,1-2H3. The van der Waals surface area contributed by atoms with Gasteiger partial charge in [0.05, 0.1) is 12.7 Å². The van der Waals surface area contributed by atoms with Crippen LogP contribution in [0.15, 0.2) is 24.3 Å². The van der Waals surface area contributed by atoms with Gasteiger partial charge in [0.25, 0.3) is 0 Å². The van der Waals surface area contributed by atoms with Gasteiger partial charge < -0.3 is 10.5 Å². The van der Waals surface area contributed by atoms with E-state index in [0.29, 0.717) is 26.1 Å². The molecule has 0 amide bonds. The van der Waals surface area contributed by atoms with Crippen molar-refractivity contribution in [3.8, 4) is 6.07 Å². The molecule has 2 unspecified atom stereocenters. The summed E-state index contributed by atoms with van der Waals surface area (Å²) in [6, 6.07) is 8.29. The van der Waals surface area contributed by atoms with Crippen LogP contribution in [0.25, 0.3) is 0 Å². The Hall–Kier alpha value is -1.48. The molecule has 0 aliphatic heterocycles. The lowest BCUT2D eigenvalue weighted by atomic mass is 9.98. The van der Waals surface area contributed by atoms with Crippen molar-refractivity contribution in [3.05, 3.63) is 35.6 Å². The average Bonchev–Trinajstić information content (AvgIpc) is 2.41. The van der Waals surface area contributed by atoms with Gasteiger partial charge in [0.15, 0.2) is 0 Å². The van der Waals surface area contributed by atoms with Gasteiger partial charge in [0.1, 0.15) is 5.82 Å². The highest BCUT2D eigenvalue weighted by Crippen LogP contribution is 2.24. The van der Waals surface area contributed by atoms with E-state index in [1.165, 1.54) is 12.1 Å². The first-order chi connectivity index (χ1) is 9.60. The molecule has 0 aliphatic carbocycles. The largest absolute Gasteiger partial charge is 0.383 e. The van der Waals surface area contributed by atoms with E-state index in [4.69, 9.17) is 15.7 Å². The summed E-state index contributed by atoms with van der Waals surface area (Å²) in [5.41, 5.74) is 6.90. The fraction of sp³-hybridized carbons (Fsp3) is 0.533. The molecule has 20 heavy (non-hydrogen) atoms. The Labute approximate surface area is 119 Å². The van der Waals surface area contributed by atoms with Gasteiger partial charge in [-0.05, 0) is 24.6 Å². The summed E-state index contributed by atoms with van der Waals surface area (Å²) in [6.07, 6.45) is 0.405. The number of nitrogens with zero attached hydrogens (tertiary/aromatic N) is 2. The molecule has 0 bridgehead atoms. The maximum Gasteiger partial charge on any atom is 0.123 e. The minimum atomic E-state index is -0.278. The first kappa shape index (κ1) is 16.6. The molecule has 110 valence electrons. The highest BCUT2D eigenvalue weighted by Gasteiger charge is 2.24. The Balaban J connectivity index is 2.97. The predicted octanol–water partition coefficient (Wildman–Crippen LogP) is 2.08. The molecule has 5 heteroatoms. The lowest BCUT2D eigenvalue weighted by Crippen LogP contribution is -2.41. The second kappa shape index (κ2) is 8.64. The van der Waals surface area contributed by atoms with Gasteiger partial charge >= 0.3 is 0 Å². The molecular formula is C15H22FN3O. The van der Waals surface area contributed by atoms with Crippen molar-refractivity contribution >= 4 is 0 Å². The average molecular weight is 279 g/mol. The number of halogens is 1. The first-order valence-corrected chi connectivity index (χ1v) is 6.71. The number of nitrogens with two attached hydrogens (primary N) is 1. The molecule has 2 atom stereocenters. The van der Waals surface area contributed by atoms with E-state index in [0.717, 1.165) is 5.56 Å². The van der Waals surface area contributed by atoms with Crippen molar-refractivity contribution in [1.29, 1.82) is 5.26 Å². The zero-order valence-corrected chi connectivity index (χ0v) is 12.1. The van der Waals surface area contributed by atoms with Crippen molar-refractivity contribution in [2.24, 2.45) is 5.73 Å². The minimum absolute atomic E-state index is 0.130. The number of hydrogen-bond donors (Lipinski definition) is 1. The van der Waals surface area contributed by atoms with E-state index in [1.54, 1.807) is 13.2 Å². The van der Waals surface area contributed by atoms with Crippen LogP contribution in [-0.4, -0.2) is 37.7 Å². The van der Waals surface area contributed by atoms with Crippen molar-refractivity contribution in [3.63, 3.8) is 0 Å². The second-order valence-corrected chi connectivity index (χ2v) is 4.80. The van der Waals surface area contributed by atoms with E-state index in [2.05, 4.69) is 11.0 Å². The Morgan fingerprint density at radius 2 is 2.20 bits per heavy atom. The number of hydrogen-bond acceptors (Lipinski definition) is 4. The summed E-state index contributed by atoms with van der Waals surface area (Å²) in [4.78, 5) is 2.08. The van der Waals surface area contributed by atoms with Crippen LogP contribution in [0.5, 0.6) is 0 Å². The van der Waals surface area contributed by atoms with Crippen LogP contribution in [0.4, 0.5) is 4.39 Å². The molecule has 1 aromatic carbocycles. The summed E-state index contributed by atoms with van der Waals surface area (Å²) in [6.45, 7) is 3.68. The van der Waals surface area contributed by atoms with Gasteiger partial charge in [-0.1, -0.05) is 12.1 Å². The van der Waals surface area contributed by atoms with Gasteiger partial charge in [-0.2, -0.15) is 5.26 Å². The summed E-state index contributed by atoms with van der Waals surface area (Å²) in [7, 11) is 1.63. The van der Waals surface area contributed by atoms with Gasteiger partial charge in [-0.3, -0.25) is 4.90 Å². The molecule has 0 aliphatic rings. The number of methoxy groups -OCH3 is 1. The SMILES string of the molecule is COCCN(CCC#N)C(c1cccc(F)c1)C(C)N. The smallest absolute Gasteiger partial charge is 0.123 e. The number of benzene rings is 1. The van der Waals surface area contributed by atoms with Crippen LogP contribution in [0.2, 0.25) is 0 Å². The maximum absolute atomic E-state index is 13.4. The van der Waals surface area contributed by atoms with E-state index in [-0.39, 0.29) is 17.9 Å². The molecule has 0 spiro atoms. The molecule has 0 saturated heterocycles. The quantitative estimate of drug-likeness (QED) is 0.791. The monoisotopic (exact) mass is 279 g/mol. The van der Waals surface area contributed by atoms with Crippen molar-refractivity contribution in [2.45, 2.75) is 25.4 Å². The zero-order valence-electron chi connectivity index (χ0n) is 12.1. The summed E-state index contributed by atoms with van der Waals surface area (Å²) in [5.74, 6) is -0.278. The van der Waals surface area contributed by atoms with Crippen LogP contribution in [0.1, 0.15) is 24.9 Å². The summed E-state index contributed by atoms with van der Waals surface area (Å²) in [5, 5.41) is 8.78. The van der Waals surface area contributed by atoms with Crippen LogP contribution in [0.3, 0.4) is 0 Å². The maximum atomic E-state index is 13.4. The molecule has 1 rings (SSSR count). The van der Waals surface area contributed by atoms with Gasteiger partial charge in [-0.25, -0.2) is 4.39 Å². The highest BCUT2D eigenvalue weighted by molar-refractivity contribution is 5.21. The van der Waals surface area contributed by atoms with Crippen LogP contribution < -0.4 is 5.73 Å². The van der Waals surface area contributed by atoms with Crippen molar-refractivity contribution in [1.82, 2.24) is 4.90 Å². The summed E-state index contributed by atoms with van der Waals surface area (Å²) >= 11 is 0. The molecule has 0 radical (unpaired) electrons. The molecule has 0 fully saturated rings. The Morgan fingerprint density at radius 3 is 2.75 bits per heavy atom. The van der Waals surface area contributed by atoms with Crippen LogP contribution in [-0.2, 0) is 4.74 Å². The van der Waals surface area contributed by atoms with Gasteiger partial charge in [-0.15, -0.1) is 0 Å². The second-order valence-electron chi connectivity index (χ2n) is 4.80. The van der Waals surface area contributed by atoms with E-state index >= 15 is 0 Å². The van der Waals surface area contributed by atoms with Crippen LogP contribution >= 0.6 is 0 Å². The number of rotatable bonds is 8. The topological polar surface area (TPSA) is 62.3 Å². The highest BCUT2D eigenvalue weighted by atomic mass is 19.1. The fourth-order valence-electron chi connectivity index (χ4n) is 2.33. The first-order valence-electron chi connectivity index (χ1n) is 6.71. The molecule has 0 aromatic heterocycles. The third kappa shape index (κ3) is 4.89. The molecule has 2 N–H and O–H groups in total. The number of ether oxygens (including phenoxy) is 1. The number of nitriles is 1. The molecule has 0 saturated carbocycles. The molecule has 0 heterocycles. The Morgan fingerprint density at radius 1 is 1.45 bits per heavy atom. The molecule has 1 aromatic rings. The third-order valence-electron chi connectivity index (χ3n) is 3.18. The predicted molar refractivity (Wildman–Crippen MR) is 76.5 cm³/mol. The minimum Gasteiger partial charge on any atom is -0.383 e. The molecular weight excluding hydrogens is 257 g/mol. The normalized spacial score (nSPS) is 14.0. The van der Waals surface area contributed by atoms with Crippen molar-refractivity contribution < 1.29 is 9.13 Å². The van der Waals surface area contributed by atoms with E-state index < -0.39 is 0 Å². The zero-order chi connectivity index (χ0) is 15.0. The van der Waals surface area contributed by atoms with Crippen molar-refractivity contribution in [2.75, 3.05) is 26.8 Å². The fourth-order valence-corrected chi connectivity index (χ4v) is 2.33. The van der Waals surface area contributed by atoms with E-state index in [9.17, 15) is 4.39 Å². The van der Waals surface area contributed by atoms with Crippen LogP contribution in [0, 0.1) is 17.1 Å².